The molecule has 0 aliphatic heterocycles. The number of nitriles is 1. The Morgan fingerprint density at radius 3 is 2.58 bits per heavy atom. The molecule has 2 aromatic carbocycles. The molecule has 0 spiro atoms. The minimum atomic E-state index is -0.124. The van der Waals surface area contributed by atoms with E-state index in [1.54, 1.807) is 36.4 Å². The lowest BCUT2D eigenvalue weighted by molar-refractivity contribution is -0.115. The van der Waals surface area contributed by atoms with Crippen molar-refractivity contribution in [2.45, 2.75) is 6.42 Å². The molecular weight excluding hydrogens is 368 g/mol. The van der Waals surface area contributed by atoms with E-state index in [4.69, 9.17) is 16.9 Å². The lowest BCUT2D eigenvalue weighted by Gasteiger charge is -2.06. The normalized spacial score (nSPS) is 11.2. The predicted octanol–water partition coefficient (Wildman–Crippen LogP) is 4.03. The Bertz CT molecular complexity index is 1030. The molecule has 0 atom stereocenters. The van der Waals surface area contributed by atoms with Crippen molar-refractivity contribution in [2.75, 3.05) is 5.32 Å². The first kappa shape index (κ1) is 17.9. The SMILES string of the molecule is Cn1c(CC(=O)Nc2ccc(C#N)cc2)csc1=Nc1ccc(Cl)cc1. The van der Waals surface area contributed by atoms with Gasteiger partial charge >= 0.3 is 0 Å². The Morgan fingerprint density at radius 2 is 1.92 bits per heavy atom. The maximum Gasteiger partial charge on any atom is 0.230 e. The number of amides is 1. The number of benzene rings is 2. The number of nitrogens with one attached hydrogen (secondary N) is 1. The number of anilines is 1. The second-order valence-corrected chi connectivity index (χ2v) is 6.84. The largest absolute Gasteiger partial charge is 0.326 e. The van der Waals surface area contributed by atoms with Crippen molar-refractivity contribution in [2.24, 2.45) is 12.0 Å². The number of halogens is 1. The highest BCUT2D eigenvalue weighted by molar-refractivity contribution is 7.07. The van der Waals surface area contributed by atoms with Crippen molar-refractivity contribution in [3.05, 3.63) is 75.0 Å². The van der Waals surface area contributed by atoms with Crippen molar-refractivity contribution >= 4 is 40.2 Å². The molecule has 130 valence electrons. The summed E-state index contributed by atoms with van der Waals surface area (Å²) in [6.07, 6.45) is 0.239. The minimum absolute atomic E-state index is 0.124. The van der Waals surface area contributed by atoms with E-state index < -0.39 is 0 Å². The highest BCUT2D eigenvalue weighted by atomic mass is 35.5. The first-order valence-corrected chi connectivity index (χ1v) is 9.04. The van der Waals surface area contributed by atoms with Crippen molar-refractivity contribution in [1.82, 2.24) is 4.57 Å². The zero-order valence-electron chi connectivity index (χ0n) is 13.9. The highest BCUT2D eigenvalue weighted by Gasteiger charge is 2.09. The van der Waals surface area contributed by atoms with Crippen LogP contribution in [0.4, 0.5) is 11.4 Å². The molecule has 1 aromatic heterocycles. The summed E-state index contributed by atoms with van der Waals surface area (Å²) in [6, 6.07) is 16.1. The fourth-order valence-electron chi connectivity index (χ4n) is 2.29. The average molecular weight is 383 g/mol. The standard InChI is InChI=1S/C19H15ClN4OS/c1-24-17(10-18(25)22-15-6-2-13(11-21)3-7-15)12-26-19(24)23-16-8-4-14(20)5-9-16/h2-9,12H,10H2,1H3,(H,22,25). The molecule has 0 aliphatic carbocycles. The Morgan fingerprint density at radius 1 is 1.23 bits per heavy atom. The van der Waals surface area contributed by atoms with E-state index in [1.807, 2.05) is 35.2 Å². The van der Waals surface area contributed by atoms with Gasteiger partial charge in [0.15, 0.2) is 4.80 Å². The van der Waals surface area contributed by atoms with Crippen molar-refractivity contribution < 1.29 is 4.79 Å². The molecule has 26 heavy (non-hydrogen) atoms. The molecule has 1 amide bonds. The van der Waals surface area contributed by atoms with Crippen LogP contribution in [0.15, 0.2) is 58.9 Å². The van der Waals surface area contributed by atoms with Gasteiger partial charge in [-0.05, 0) is 48.5 Å². The molecule has 0 saturated heterocycles. The fourth-order valence-corrected chi connectivity index (χ4v) is 3.33. The van der Waals surface area contributed by atoms with E-state index in [0.29, 0.717) is 16.3 Å². The quantitative estimate of drug-likeness (QED) is 0.740. The van der Waals surface area contributed by atoms with Crippen molar-refractivity contribution in [3.8, 4) is 6.07 Å². The van der Waals surface area contributed by atoms with Crippen LogP contribution in [-0.2, 0) is 18.3 Å². The van der Waals surface area contributed by atoms with Gasteiger partial charge in [-0.25, -0.2) is 4.99 Å². The molecule has 0 bridgehead atoms. The van der Waals surface area contributed by atoms with Gasteiger partial charge in [-0.15, -0.1) is 11.3 Å². The van der Waals surface area contributed by atoms with Gasteiger partial charge in [-0.3, -0.25) is 4.79 Å². The Kier molecular flexibility index (Phi) is 5.52. The van der Waals surface area contributed by atoms with Crippen LogP contribution in [-0.4, -0.2) is 10.5 Å². The third kappa shape index (κ3) is 4.39. The number of carbonyl (C=O) groups is 1. The molecule has 7 heteroatoms. The number of thiazole rings is 1. The molecular formula is C19H15ClN4OS. The zero-order valence-corrected chi connectivity index (χ0v) is 15.5. The summed E-state index contributed by atoms with van der Waals surface area (Å²) < 4.78 is 1.90. The van der Waals surface area contributed by atoms with E-state index in [0.717, 1.165) is 16.2 Å². The average Bonchev–Trinajstić information content (AvgIpc) is 2.97. The molecule has 1 heterocycles. The monoisotopic (exact) mass is 382 g/mol. The summed E-state index contributed by atoms with van der Waals surface area (Å²) in [5.74, 6) is -0.124. The lowest BCUT2D eigenvalue weighted by Crippen LogP contribution is -2.19. The maximum absolute atomic E-state index is 12.3. The summed E-state index contributed by atoms with van der Waals surface area (Å²) >= 11 is 7.36. The van der Waals surface area contributed by atoms with Gasteiger partial charge in [0.05, 0.1) is 23.7 Å². The Labute approximate surface area is 159 Å². The first-order valence-electron chi connectivity index (χ1n) is 7.79. The van der Waals surface area contributed by atoms with E-state index in [2.05, 4.69) is 10.3 Å². The second kappa shape index (κ2) is 8.00. The Balaban J connectivity index is 1.72. The van der Waals surface area contributed by atoms with Gasteiger partial charge in [0.2, 0.25) is 5.91 Å². The fraction of sp³-hybridized carbons (Fsp3) is 0.105. The second-order valence-electron chi connectivity index (χ2n) is 5.57. The molecule has 0 fully saturated rings. The zero-order chi connectivity index (χ0) is 18.5. The van der Waals surface area contributed by atoms with Crippen LogP contribution < -0.4 is 10.1 Å². The number of carbonyl (C=O) groups excluding carboxylic acids is 1. The summed E-state index contributed by atoms with van der Waals surface area (Å²) in [5.41, 5.74) is 2.90. The van der Waals surface area contributed by atoms with E-state index in [9.17, 15) is 4.79 Å². The van der Waals surface area contributed by atoms with E-state index in [-0.39, 0.29) is 12.3 Å². The van der Waals surface area contributed by atoms with Crippen molar-refractivity contribution in [1.29, 1.82) is 5.26 Å². The smallest absolute Gasteiger partial charge is 0.230 e. The number of rotatable bonds is 4. The third-order valence-electron chi connectivity index (χ3n) is 3.71. The summed E-state index contributed by atoms with van der Waals surface area (Å²) in [4.78, 5) is 17.6. The van der Waals surface area contributed by atoms with Crippen LogP contribution >= 0.6 is 22.9 Å². The molecule has 3 rings (SSSR count). The van der Waals surface area contributed by atoms with Crippen LogP contribution in [0.2, 0.25) is 5.02 Å². The predicted molar refractivity (Wildman–Crippen MR) is 103 cm³/mol. The van der Waals surface area contributed by atoms with E-state index >= 15 is 0 Å². The summed E-state index contributed by atoms with van der Waals surface area (Å²) in [7, 11) is 1.88. The van der Waals surface area contributed by atoms with Gasteiger partial charge in [0.1, 0.15) is 0 Å². The topological polar surface area (TPSA) is 70.2 Å². The lowest BCUT2D eigenvalue weighted by atomic mass is 10.2. The number of nitrogens with zero attached hydrogens (tertiary/aromatic N) is 3. The van der Waals surface area contributed by atoms with Crippen molar-refractivity contribution in [3.63, 3.8) is 0 Å². The number of aromatic nitrogens is 1. The summed E-state index contributed by atoms with van der Waals surface area (Å²) in [5, 5.41) is 14.2. The van der Waals surface area contributed by atoms with Crippen LogP contribution in [0.1, 0.15) is 11.3 Å². The van der Waals surface area contributed by atoms with Gasteiger partial charge in [0.25, 0.3) is 0 Å². The van der Waals surface area contributed by atoms with Crippen LogP contribution in [0.3, 0.4) is 0 Å². The van der Waals surface area contributed by atoms with Crippen LogP contribution in [0.5, 0.6) is 0 Å². The van der Waals surface area contributed by atoms with Gasteiger partial charge in [-0.1, -0.05) is 11.6 Å². The van der Waals surface area contributed by atoms with Crippen LogP contribution in [0.25, 0.3) is 0 Å². The molecule has 1 N–H and O–H groups in total. The van der Waals surface area contributed by atoms with E-state index in [1.165, 1.54) is 11.3 Å². The highest BCUT2D eigenvalue weighted by Crippen LogP contribution is 2.16. The number of hydrogen-bond acceptors (Lipinski definition) is 4. The maximum atomic E-state index is 12.3. The molecule has 3 aromatic rings. The Hall–Kier alpha value is -2.88. The molecule has 0 saturated carbocycles. The summed E-state index contributed by atoms with van der Waals surface area (Å²) in [6.45, 7) is 0. The first-order chi connectivity index (χ1) is 12.5. The molecule has 5 nitrogen and oxygen atoms in total. The van der Waals surface area contributed by atoms with Gasteiger partial charge < -0.3 is 9.88 Å². The van der Waals surface area contributed by atoms with Crippen LogP contribution in [0, 0.1) is 11.3 Å². The third-order valence-corrected chi connectivity index (χ3v) is 4.93. The van der Waals surface area contributed by atoms with Gasteiger partial charge in [-0.2, -0.15) is 5.26 Å². The molecule has 0 aliphatic rings. The molecule has 0 unspecified atom stereocenters. The minimum Gasteiger partial charge on any atom is -0.326 e. The van der Waals surface area contributed by atoms with Gasteiger partial charge in [0, 0.05) is 28.8 Å². The molecule has 0 radical (unpaired) electrons. The number of hydrogen-bond donors (Lipinski definition) is 1.